The van der Waals surface area contributed by atoms with E-state index in [0.717, 1.165) is 0 Å². The number of likely N-dealkylation sites (N-methyl/N-ethyl adjacent to an activating group) is 1. The van der Waals surface area contributed by atoms with Gasteiger partial charge in [-0.15, -0.1) is 0 Å². The maximum atomic E-state index is 14.6. The fourth-order valence-electron chi connectivity index (χ4n) is 7.81. The minimum absolute atomic E-state index is 0.0176. The average Bonchev–Trinajstić information content (AvgIpc) is 3.75. The molecule has 0 bridgehead atoms. The first kappa shape index (κ1) is 53.6. The standard InChI is InChI=1S/C46H72N8O11/c1-11-26(7)36-45(63)53(10)34(23-29-15-17-30(55)18-16-29)42(60)51-37(27(8)12-2)46(64)65-28(9)38(52-40(58)31(19-20-35(47)56)48-39(57)25(5)6)43(61)49-32(22-24(3)4)44(62)54-21-13-14-33(54)41(59)50-36/h15-18,24-28,31-34,36-38,55H,11-14,19-23H2,1-10H3,(H2,47,56)(H,48,57)(H,49,61)(H,50,59)(H,51,60)(H,52,58)/t26-,27-,28+,31-,32-,33-,34-,36-,37-,38-/m0/s1. The number of carbonyl (C=O) groups excluding carboxylic acids is 9. The molecule has 2 saturated heterocycles. The summed E-state index contributed by atoms with van der Waals surface area (Å²) in [6.45, 7) is 15.5. The van der Waals surface area contributed by atoms with Crippen LogP contribution in [0.15, 0.2) is 24.3 Å². The molecule has 0 saturated carbocycles. The highest BCUT2D eigenvalue weighted by Crippen LogP contribution is 2.24. The number of amides is 8. The summed E-state index contributed by atoms with van der Waals surface area (Å²) in [6, 6.07) is -2.96. The van der Waals surface area contributed by atoms with Gasteiger partial charge in [0.15, 0.2) is 0 Å². The molecule has 2 aliphatic heterocycles. The Morgan fingerprint density at radius 2 is 1.45 bits per heavy atom. The molecule has 0 radical (unpaired) electrons. The maximum Gasteiger partial charge on any atom is 0.329 e. The number of esters is 1. The molecular formula is C46H72N8O11. The Kier molecular flexibility index (Phi) is 20.2. The number of benzene rings is 1. The van der Waals surface area contributed by atoms with Gasteiger partial charge < -0.3 is 52.0 Å². The number of phenols is 1. The summed E-state index contributed by atoms with van der Waals surface area (Å²) in [5.74, 6) is -8.29. The number of hydrogen-bond donors (Lipinski definition) is 7. The number of nitrogens with two attached hydrogens (primary N) is 1. The van der Waals surface area contributed by atoms with Crippen molar-refractivity contribution in [3.05, 3.63) is 29.8 Å². The van der Waals surface area contributed by atoms with Crippen LogP contribution < -0.4 is 32.3 Å². The van der Waals surface area contributed by atoms with E-state index in [1.54, 1.807) is 46.8 Å². The van der Waals surface area contributed by atoms with E-state index in [-0.39, 0.29) is 50.3 Å². The van der Waals surface area contributed by atoms with E-state index in [9.17, 15) is 48.3 Å². The van der Waals surface area contributed by atoms with Gasteiger partial charge in [-0.1, -0.05) is 80.4 Å². The van der Waals surface area contributed by atoms with Gasteiger partial charge >= 0.3 is 5.97 Å². The largest absolute Gasteiger partial charge is 0.508 e. The lowest BCUT2D eigenvalue weighted by Crippen LogP contribution is -2.62. The fourth-order valence-corrected chi connectivity index (χ4v) is 7.81. The van der Waals surface area contributed by atoms with Crippen molar-refractivity contribution in [3.8, 4) is 5.75 Å². The van der Waals surface area contributed by atoms with E-state index in [1.807, 2.05) is 20.8 Å². The van der Waals surface area contributed by atoms with Crippen LogP contribution in [0.2, 0.25) is 0 Å². The molecular weight excluding hydrogens is 841 g/mol. The van der Waals surface area contributed by atoms with Gasteiger partial charge in [0.2, 0.25) is 47.3 Å². The van der Waals surface area contributed by atoms with Crippen molar-refractivity contribution < 1.29 is 53.0 Å². The SMILES string of the molecule is CC[C@H](C)[C@@H]1NC(=O)[C@H](Cc2ccc(O)cc2)N(C)C(=O)[C@H]([C@@H](C)CC)NC(=O)[C@@H]2CCCN2C(=O)[C@H](CC(C)C)NC(=O)[C@@H](NC(=O)[C@H](CCC(N)=O)NC(=O)C(C)C)[C@@H](C)OC1=O. The van der Waals surface area contributed by atoms with E-state index in [0.29, 0.717) is 24.8 Å². The molecule has 65 heavy (non-hydrogen) atoms. The fraction of sp³-hybridized carbons (Fsp3) is 0.674. The molecule has 0 aromatic heterocycles. The Morgan fingerprint density at radius 3 is 2.02 bits per heavy atom. The normalized spacial score (nSPS) is 25.5. The number of rotatable bonds is 15. The summed E-state index contributed by atoms with van der Waals surface area (Å²) < 4.78 is 5.94. The summed E-state index contributed by atoms with van der Waals surface area (Å²) in [7, 11) is 1.43. The molecule has 1 aromatic rings. The van der Waals surface area contributed by atoms with E-state index < -0.39 is 119 Å². The number of phenolic OH excluding ortho intramolecular Hbond substituents is 1. The van der Waals surface area contributed by atoms with Crippen molar-refractivity contribution in [1.82, 2.24) is 36.4 Å². The Balaban J connectivity index is 2.24. The highest BCUT2D eigenvalue weighted by atomic mass is 16.5. The molecule has 19 nitrogen and oxygen atoms in total. The Labute approximate surface area is 382 Å². The molecule has 10 atom stereocenters. The Bertz CT molecular complexity index is 1870. The van der Waals surface area contributed by atoms with Crippen LogP contribution in [0, 0.1) is 23.7 Å². The molecule has 362 valence electrons. The zero-order valence-electron chi connectivity index (χ0n) is 39.6. The number of nitrogens with one attached hydrogen (secondary N) is 5. The zero-order valence-corrected chi connectivity index (χ0v) is 39.6. The number of aromatic hydroxyl groups is 1. The number of fused-ring (bicyclic) bond motifs is 1. The Hall–Kier alpha value is -5.75. The van der Waals surface area contributed by atoms with Crippen LogP contribution in [-0.4, -0.2) is 130 Å². The van der Waals surface area contributed by atoms with Gasteiger partial charge in [0.05, 0.1) is 0 Å². The van der Waals surface area contributed by atoms with Gasteiger partial charge in [-0.05, 0) is 68.1 Å². The van der Waals surface area contributed by atoms with Crippen LogP contribution in [0.3, 0.4) is 0 Å². The monoisotopic (exact) mass is 913 g/mol. The van der Waals surface area contributed by atoms with Crippen molar-refractivity contribution >= 4 is 53.2 Å². The lowest BCUT2D eigenvalue weighted by Gasteiger charge is -2.35. The van der Waals surface area contributed by atoms with Crippen LogP contribution in [0.1, 0.15) is 113 Å². The quantitative estimate of drug-likeness (QED) is 0.123. The lowest BCUT2D eigenvalue weighted by atomic mass is 9.95. The van der Waals surface area contributed by atoms with Gasteiger partial charge in [0.25, 0.3) is 0 Å². The van der Waals surface area contributed by atoms with Crippen LogP contribution in [0.25, 0.3) is 0 Å². The molecule has 19 heteroatoms. The van der Waals surface area contributed by atoms with Gasteiger partial charge in [-0.2, -0.15) is 0 Å². The second kappa shape index (κ2) is 24.5. The molecule has 1 aromatic carbocycles. The molecule has 0 spiro atoms. The van der Waals surface area contributed by atoms with Crippen LogP contribution in [-0.2, 0) is 54.3 Å². The first-order valence-electron chi connectivity index (χ1n) is 22.9. The highest BCUT2D eigenvalue weighted by Gasteiger charge is 2.44. The Morgan fingerprint density at radius 1 is 0.846 bits per heavy atom. The molecule has 0 aliphatic carbocycles. The molecule has 8 N–H and O–H groups in total. The highest BCUT2D eigenvalue weighted by molar-refractivity contribution is 5.98. The second-order valence-electron chi connectivity index (χ2n) is 18.3. The molecule has 2 fully saturated rings. The van der Waals surface area contributed by atoms with Crippen LogP contribution >= 0.6 is 0 Å². The van der Waals surface area contributed by atoms with Crippen molar-refractivity contribution in [2.75, 3.05) is 13.6 Å². The zero-order chi connectivity index (χ0) is 48.9. The maximum absolute atomic E-state index is 14.6. The molecule has 3 rings (SSSR count). The minimum Gasteiger partial charge on any atom is -0.508 e. The van der Waals surface area contributed by atoms with Crippen molar-refractivity contribution in [2.24, 2.45) is 29.4 Å². The van der Waals surface area contributed by atoms with E-state index >= 15 is 0 Å². The van der Waals surface area contributed by atoms with Crippen molar-refractivity contribution in [2.45, 2.75) is 162 Å². The van der Waals surface area contributed by atoms with Gasteiger partial charge in [-0.25, -0.2) is 4.79 Å². The van der Waals surface area contributed by atoms with Gasteiger partial charge in [-0.3, -0.25) is 38.4 Å². The number of nitrogens with zero attached hydrogens (tertiary/aromatic N) is 2. The third-order valence-electron chi connectivity index (χ3n) is 12.4. The smallest absolute Gasteiger partial charge is 0.329 e. The topological polar surface area (TPSA) is 276 Å². The second-order valence-corrected chi connectivity index (χ2v) is 18.3. The molecule has 0 unspecified atom stereocenters. The summed E-state index contributed by atoms with van der Waals surface area (Å²) >= 11 is 0. The number of primary amides is 1. The third-order valence-corrected chi connectivity index (χ3v) is 12.4. The number of hydrogen-bond acceptors (Lipinski definition) is 11. The summed E-state index contributed by atoms with van der Waals surface area (Å²) in [5.41, 5.74) is 5.96. The first-order chi connectivity index (χ1) is 30.5. The van der Waals surface area contributed by atoms with Gasteiger partial charge in [0.1, 0.15) is 54.1 Å². The predicted octanol–water partition coefficient (Wildman–Crippen LogP) is 1.18. The first-order valence-corrected chi connectivity index (χ1v) is 22.9. The van der Waals surface area contributed by atoms with Crippen molar-refractivity contribution in [1.29, 1.82) is 0 Å². The summed E-state index contributed by atoms with van der Waals surface area (Å²) in [6.07, 6.45) is -0.406. The lowest BCUT2D eigenvalue weighted by molar-refractivity contribution is -0.158. The third kappa shape index (κ3) is 14.9. The van der Waals surface area contributed by atoms with E-state index in [4.69, 9.17) is 10.5 Å². The van der Waals surface area contributed by atoms with Crippen LogP contribution in [0.5, 0.6) is 5.75 Å². The summed E-state index contributed by atoms with van der Waals surface area (Å²) in [4.78, 5) is 128. The number of carbonyl (C=O) groups is 9. The molecule has 2 aliphatic rings. The number of ether oxygens (including phenoxy) is 1. The van der Waals surface area contributed by atoms with E-state index in [2.05, 4.69) is 26.6 Å². The molecule has 8 amide bonds. The van der Waals surface area contributed by atoms with Crippen molar-refractivity contribution in [3.63, 3.8) is 0 Å². The molecule has 2 heterocycles. The number of cyclic esters (lactones) is 1. The summed E-state index contributed by atoms with van der Waals surface area (Å²) in [5, 5.41) is 23.6. The van der Waals surface area contributed by atoms with Gasteiger partial charge in [0, 0.05) is 32.4 Å². The minimum atomic E-state index is -1.70. The van der Waals surface area contributed by atoms with Crippen LogP contribution in [0.4, 0.5) is 0 Å². The predicted molar refractivity (Wildman–Crippen MR) is 240 cm³/mol. The van der Waals surface area contributed by atoms with E-state index in [1.165, 1.54) is 35.9 Å². The average molecular weight is 913 g/mol.